The summed E-state index contributed by atoms with van der Waals surface area (Å²) < 4.78 is 1.34. The van der Waals surface area contributed by atoms with Crippen LogP contribution < -0.4 is 4.43 Å². The Bertz CT molecular complexity index is 303. The molecule has 4 nitrogen and oxygen atoms in total. The molecule has 0 aliphatic heterocycles. The molecular formula is C6H8N2O2. The third-order valence-electron chi connectivity index (χ3n) is 1.52. The maximum Gasteiger partial charge on any atom is 0.255 e. The Morgan fingerprint density at radius 2 is 2.20 bits per heavy atom. The second-order valence-electron chi connectivity index (χ2n) is 2.12. The van der Waals surface area contributed by atoms with Crippen molar-refractivity contribution in [3.05, 3.63) is 33.9 Å². The van der Waals surface area contributed by atoms with Crippen LogP contribution in [0.25, 0.3) is 0 Å². The molecule has 0 aliphatic carbocycles. The van der Waals surface area contributed by atoms with Gasteiger partial charge in [-0.3, -0.25) is 0 Å². The fourth-order valence-corrected chi connectivity index (χ4v) is 0.664. The van der Waals surface area contributed by atoms with Crippen molar-refractivity contribution in [3.63, 3.8) is 0 Å². The summed E-state index contributed by atoms with van der Waals surface area (Å²) in [5.41, 5.74) is 0.884. The Balaban J connectivity index is 3.49. The highest BCUT2D eigenvalue weighted by atomic mass is 16.5. The van der Waals surface area contributed by atoms with Crippen LogP contribution in [0.2, 0.25) is 0 Å². The minimum Gasteiger partial charge on any atom is -0.805 e. The van der Waals surface area contributed by atoms with Crippen molar-refractivity contribution < 1.29 is 4.43 Å². The first kappa shape index (κ1) is 6.80. The molecule has 1 aromatic heterocycles. The van der Waals surface area contributed by atoms with Gasteiger partial charge in [-0.25, -0.2) is 0 Å². The van der Waals surface area contributed by atoms with Crippen LogP contribution in [0, 0.1) is 24.0 Å². The van der Waals surface area contributed by atoms with E-state index < -0.39 is 0 Å². The first-order chi connectivity index (χ1) is 4.63. The van der Waals surface area contributed by atoms with E-state index in [0.29, 0.717) is 20.5 Å². The topological polar surface area (TPSA) is 51.0 Å². The van der Waals surface area contributed by atoms with Crippen molar-refractivity contribution in [1.82, 2.24) is 4.73 Å². The first-order valence-corrected chi connectivity index (χ1v) is 2.91. The summed E-state index contributed by atoms with van der Waals surface area (Å²) in [6.45, 7) is 3.22. The highest BCUT2D eigenvalue weighted by molar-refractivity contribution is 5.03. The molecule has 1 rings (SSSR count). The van der Waals surface area contributed by atoms with Gasteiger partial charge in [0.15, 0.2) is 0 Å². The van der Waals surface area contributed by atoms with Gasteiger partial charge in [-0.2, -0.15) is 0 Å². The van der Waals surface area contributed by atoms with Crippen LogP contribution in [0.1, 0.15) is 11.4 Å². The maximum atomic E-state index is 10.8. The molecule has 0 spiro atoms. The van der Waals surface area contributed by atoms with Gasteiger partial charge in [0.1, 0.15) is 0 Å². The predicted octanol–water partition coefficient (Wildman–Crippen LogP) is 0.365. The van der Waals surface area contributed by atoms with Gasteiger partial charge in [0.05, 0.1) is 16.3 Å². The zero-order valence-corrected chi connectivity index (χ0v) is 5.87. The lowest BCUT2D eigenvalue weighted by molar-refractivity contribution is -0.504. The molecule has 0 atom stereocenters. The quantitative estimate of drug-likeness (QED) is 0.489. The molecule has 0 aromatic carbocycles. The SMILES string of the molecule is Cc1c(C)[n+](=O)ccn1[O-]. The van der Waals surface area contributed by atoms with Gasteiger partial charge in [0, 0.05) is 11.8 Å². The van der Waals surface area contributed by atoms with Gasteiger partial charge in [0.25, 0.3) is 5.69 Å². The van der Waals surface area contributed by atoms with Crippen LogP contribution in [-0.2, 0) is 0 Å². The smallest absolute Gasteiger partial charge is 0.255 e. The van der Waals surface area contributed by atoms with E-state index in [2.05, 4.69) is 0 Å². The van der Waals surface area contributed by atoms with Gasteiger partial charge >= 0.3 is 0 Å². The van der Waals surface area contributed by atoms with Crippen molar-refractivity contribution in [2.24, 2.45) is 0 Å². The van der Waals surface area contributed by atoms with Crippen LogP contribution in [0.5, 0.6) is 0 Å². The fraction of sp³-hybridized carbons (Fsp3) is 0.333. The van der Waals surface area contributed by atoms with Crippen LogP contribution >= 0.6 is 0 Å². The predicted molar refractivity (Wildman–Crippen MR) is 36.0 cm³/mol. The van der Waals surface area contributed by atoms with Crippen molar-refractivity contribution in [2.45, 2.75) is 13.8 Å². The molecule has 0 aliphatic rings. The second-order valence-corrected chi connectivity index (χ2v) is 2.12. The number of hydrogen-bond acceptors (Lipinski definition) is 2. The van der Waals surface area contributed by atoms with E-state index in [-0.39, 0.29) is 0 Å². The Kier molecular flexibility index (Phi) is 1.45. The van der Waals surface area contributed by atoms with Gasteiger partial charge in [0.2, 0.25) is 6.20 Å². The van der Waals surface area contributed by atoms with Crippen molar-refractivity contribution in [1.29, 1.82) is 0 Å². The number of nitrogens with zero attached hydrogens (tertiary/aromatic N) is 2. The molecule has 0 fully saturated rings. The summed E-state index contributed by atoms with van der Waals surface area (Å²) in [5, 5.41) is 10.8. The van der Waals surface area contributed by atoms with E-state index in [4.69, 9.17) is 0 Å². The zero-order valence-electron chi connectivity index (χ0n) is 5.87. The van der Waals surface area contributed by atoms with Gasteiger partial charge in [-0.05, 0) is 6.92 Å². The number of aromatic nitrogens is 2. The average Bonchev–Trinajstić information content (AvgIpc) is 1.93. The fourth-order valence-electron chi connectivity index (χ4n) is 0.664. The van der Waals surface area contributed by atoms with Crippen molar-refractivity contribution in [3.8, 4) is 0 Å². The van der Waals surface area contributed by atoms with E-state index in [0.717, 1.165) is 0 Å². The Morgan fingerprint density at radius 3 is 2.70 bits per heavy atom. The first-order valence-electron chi connectivity index (χ1n) is 2.91. The average molecular weight is 140 g/mol. The standard InChI is InChI=1S/C6H8N2O2/c1-5-6(2)8(10)4-3-7(5)9/h3-4H,1-2H3. The molecule has 0 N–H and O–H groups in total. The van der Waals surface area contributed by atoms with E-state index in [1.165, 1.54) is 12.4 Å². The molecule has 0 bridgehead atoms. The summed E-state index contributed by atoms with van der Waals surface area (Å²) >= 11 is 0. The summed E-state index contributed by atoms with van der Waals surface area (Å²) in [4.78, 5) is 10.8. The van der Waals surface area contributed by atoms with E-state index in [1.807, 2.05) is 0 Å². The molecule has 10 heavy (non-hydrogen) atoms. The van der Waals surface area contributed by atoms with Crippen molar-refractivity contribution >= 4 is 0 Å². The Morgan fingerprint density at radius 1 is 1.60 bits per heavy atom. The van der Waals surface area contributed by atoms with Crippen LogP contribution in [-0.4, -0.2) is 4.73 Å². The van der Waals surface area contributed by atoms with Gasteiger partial charge in [-0.1, -0.05) is 0 Å². The van der Waals surface area contributed by atoms with E-state index in [1.54, 1.807) is 13.8 Å². The highest BCUT2D eigenvalue weighted by Gasteiger charge is 2.04. The molecule has 54 valence electrons. The number of rotatable bonds is 0. The largest absolute Gasteiger partial charge is 0.805 e. The van der Waals surface area contributed by atoms with Gasteiger partial charge < -0.3 is 9.94 Å². The molecular weight excluding hydrogens is 132 g/mol. The van der Waals surface area contributed by atoms with Crippen LogP contribution in [0.3, 0.4) is 0 Å². The van der Waals surface area contributed by atoms with Crippen LogP contribution in [0.15, 0.2) is 12.4 Å². The molecule has 0 saturated carbocycles. The molecule has 0 radical (unpaired) electrons. The molecule has 0 amide bonds. The maximum absolute atomic E-state index is 10.8. The minimum absolute atomic E-state index is 0.442. The molecule has 4 heteroatoms. The monoisotopic (exact) mass is 140 g/mol. The summed E-state index contributed by atoms with van der Waals surface area (Å²) in [5.74, 6) is 0. The van der Waals surface area contributed by atoms with Crippen LogP contribution in [0.4, 0.5) is 0 Å². The normalized spacial score (nSPS) is 9.80. The Hall–Kier alpha value is -1.32. The lowest BCUT2D eigenvalue weighted by Gasteiger charge is -2.10. The molecule has 1 heterocycles. The Labute approximate surface area is 57.9 Å². The number of hydrogen-bond donors (Lipinski definition) is 0. The highest BCUT2D eigenvalue weighted by Crippen LogP contribution is 1.96. The minimum atomic E-state index is 0.442. The molecule has 0 unspecified atom stereocenters. The lowest BCUT2D eigenvalue weighted by Crippen LogP contribution is -2.21. The third-order valence-corrected chi connectivity index (χ3v) is 1.52. The molecule has 1 aromatic rings. The third kappa shape index (κ3) is 0.877. The summed E-state index contributed by atoms with van der Waals surface area (Å²) in [7, 11) is 0. The van der Waals surface area contributed by atoms with E-state index >= 15 is 0 Å². The second kappa shape index (κ2) is 2.13. The summed E-state index contributed by atoms with van der Waals surface area (Å²) in [6, 6.07) is 0. The van der Waals surface area contributed by atoms with E-state index in [9.17, 15) is 10.1 Å². The van der Waals surface area contributed by atoms with Crippen molar-refractivity contribution in [2.75, 3.05) is 0 Å². The lowest BCUT2D eigenvalue weighted by atomic mass is 10.4. The summed E-state index contributed by atoms with van der Waals surface area (Å²) in [6.07, 6.45) is 2.38. The zero-order chi connectivity index (χ0) is 7.72. The molecule has 0 saturated heterocycles. The van der Waals surface area contributed by atoms with Gasteiger partial charge in [-0.15, -0.1) is 0 Å².